The average molecular weight is 320 g/mol. The molecule has 0 saturated carbocycles. The van der Waals surface area contributed by atoms with Crippen molar-refractivity contribution in [3.8, 4) is 5.75 Å². The molecule has 3 rings (SSSR count). The lowest BCUT2D eigenvalue weighted by Crippen LogP contribution is -2.11. The van der Waals surface area contributed by atoms with E-state index in [2.05, 4.69) is 12.2 Å². The van der Waals surface area contributed by atoms with Gasteiger partial charge in [0.05, 0.1) is 6.61 Å². The number of hydrogen-bond acceptors (Lipinski definition) is 3. The molecule has 24 heavy (non-hydrogen) atoms. The van der Waals surface area contributed by atoms with E-state index in [1.54, 1.807) is 24.3 Å². The molecule has 4 nitrogen and oxygen atoms in total. The molecule has 0 aliphatic heterocycles. The molecule has 122 valence electrons. The minimum absolute atomic E-state index is 0.160. The number of nitrogens with two attached hydrogens (primary N) is 1. The fourth-order valence-electron chi connectivity index (χ4n) is 2.51. The number of nitrogens with one attached hydrogen (secondary N) is 1. The maximum atomic E-state index is 12.3. The molecule has 3 aromatic carbocycles. The summed E-state index contributed by atoms with van der Waals surface area (Å²) in [4.78, 5) is 12.3. The molecule has 0 fully saturated rings. The van der Waals surface area contributed by atoms with Gasteiger partial charge in [-0.2, -0.15) is 0 Å². The molecule has 0 atom stereocenters. The second-order valence-corrected chi connectivity index (χ2v) is 5.62. The number of carbonyl (C=O) groups excluding carboxylic acids is 1. The van der Waals surface area contributed by atoms with Gasteiger partial charge < -0.3 is 15.8 Å². The van der Waals surface area contributed by atoms with Crippen LogP contribution in [0.4, 0.5) is 11.4 Å². The molecule has 0 spiro atoms. The van der Waals surface area contributed by atoms with E-state index in [4.69, 9.17) is 10.5 Å². The van der Waals surface area contributed by atoms with Crippen LogP contribution in [0, 0.1) is 0 Å². The summed E-state index contributed by atoms with van der Waals surface area (Å²) in [6, 6.07) is 18.6. The van der Waals surface area contributed by atoms with E-state index in [0.29, 0.717) is 17.9 Å². The fourth-order valence-corrected chi connectivity index (χ4v) is 2.51. The zero-order chi connectivity index (χ0) is 16.9. The van der Waals surface area contributed by atoms with E-state index in [0.717, 1.165) is 28.6 Å². The predicted octanol–water partition coefficient (Wildman–Crippen LogP) is 4.46. The number of carbonyl (C=O) groups is 1. The van der Waals surface area contributed by atoms with Crippen molar-refractivity contribution in [3.05, 3.63) is 66.2 Å². The molecule has 0 aromatic heterocycles. The second kappa shape index (κ2) is 7.04. The first-order valence-corrected chi connectivity index (χ1v) is 8.00. The first-order chi connectivity index (χ1) is 11.7. The van der Waals surface area contributed by atoms with Gasteiger partial charge in [-0.15, -0.1) is 0 Å². The maximum Gasteiger partial charge on any atom is 0.255 e. The van der Waals surface area contributed by atoms with E-state index in [-0.39, 0.29) is 5.91 Å². The summed E-state index contributed by atoms with van der Waals surface area (Å²) in [5.41, 5.74) is 7.60. The molecule has 3 aromatic rings. The van der Waals surface area contributed by atoms with E-state index in [9.17, 15) is 4.79 Å². The maximum absolute atomic E-state index is 12.3. The van der Waals surface area contributed by atoms with Gasteiger partial charge in [-0.1, -0.05) is 19.1 Å². The van der Waals surface area contributed by atoms with Gasteiger partial charge in [-0.3, -0.25) is 4.79 Å². The van der Waals surface area contributed by atoms with Gasteiger partial charge in [0.25, 0.3) is 5.91 Å². The van der Waals surface area contributed by atoms with Gasteiger partial charge in [0.1, 0.15) is 5.75 Å². The van der Waals surface area contributed by atoms with Crippen LogP contribution in [0.3, 0.4) is 0 Å². The lowest BCUT2D eigenvalue weighted by Gasteiger charge is -2.10. The molecule has 0 aliphatic carbocycles. The van der Waals surface area contributed by atoms with Crippen molar-refractivity contribution >= 4 is 28.1 Å². The molecule has 0 bridgehead atoms. The van der Waals surface area contributed by atoms with Crippen molar-refractivity contribution < 1.29 is 9.53 Å². The lowest BCUT2D eigenvalue weighted by molar-refractivity contribution is 0.102. The summed E-state index contributed by atoms with van der Waals surface area (Å²) >= 11 is 0. The van der Waals surface area contributed by atoms with Gasteiger partial charge in [-0.25, -0.2) is 0 Å². The molecule has 0 heterocycles. The number of amides is 1. The third-order valence-electron chi connectivity index (χ3n) is 3.73. The minimum Gasteiger partial charge on any atom is -0.493 e. The molecule has 0 radical (unpaired) electrons. The van der Waals surface area contributed by atoms with Crippen LogP contribution in [0.2, 0.25) is 0 Å². The van der Waals surface area contributed by atoms with Gasteiger partial charge >= 0.3 is 0 Å². The number of anilines is 2. The van der Waals surface area contributed by atoms with Gasteiger partial charge in [0.2, 0.25) is 0 Å². The molecular weight excluding hydrogens is 300 g/mol. The van der Waals surface area contributed by atoms with Crippen molar-refractivity contribution in [3.63, 3.8) is 0 Å². The third-order valence-corrected chi connectivity index (χ3v) is 3.73. The Morgan fingerprint density at radius 2 is 1.88 bits per heavy atom. The highest BCUT2D eigenvalue weighted by molar-refractivity contribution is 6.05. The first-order valence-electron chi connectivity index (χ1n) is 8.00. The molecule has 0 unspecified atom stereocenters. The van der Waals surface area contributed by atoms with Crippen LogP contribution in [0.5, 0.6) is 5.75 Å². The SMILES string of the molecule is CCCOc1cccc2cc(NC(=O)c3ccc(N)cc3)ccc12. The van der Waals surface area contributed by atoms with Crippen molar-refractivity contribution in [1.82, 2.24) is 0 Å². The zero-order valence-corrected chi connectivity index (χ0v) is 13.6. The number of rotatable bonds is 5. The first kappa shape index (κ1) is 15.9. The van der Waals surface area contributed by atoms with Crippen molar-refractivity contribution in [1.29, 1.82) is 0 Å². The topological polar surface area (TPSA) is 64.3 Å². The summed E-state index contributed by atoms with van der Waals surface area (Å²) < 4.78 is 5.77. The van der Waals surface area contributed by atoms with Crippen LogP contribution in [0.25, 0.3) is 10.8 Å². The Morgan fingerprint density at radius 3 is 2.62 bits per heavy atom. The molecule has 0 aliphatic rings. The number of fused-ring (bicyclic) bond motifs is 1. The predicted molar refractivity (Wildman–Crippen MR) is 98.5 cm³/mol. The minimum atomic E-state index is -0.160. The summed E-state index contributed by atoms with van der Waals surface area (Å²) in [5.74, 6) is 0.707. The van der Waals surface area contributed by atoms with Crippen LogP contribution in [-0.2, 0) is 0 Å². The summed E-state index contributed by atoms with van der Waals surface area (Å²) in [7, 11) is 0. The van der Waals surface area contributed by atoms with Crippen LogP contribution in [-0.4, -0.2) is 12.5 Å². The molecule has 1 amide bonds. The van der Waals surface area contributed by atoms with Crippen LogP contribution in [0.1, 0.15) is 23.7 Å². The van der Waals surface area contributed by atoms with E-state index in [1.165, 1.54) is 0 Å². The fraction of sp³-hybridized carbons (Fsp3) is 0.150. The Bertz CT molecular complexity index is 857. The highest BCUT2D eigenvalue weighted by atomic mass is 16.5. The van der Waals surface area contributed by atoms with Crippen LogP contribution >= 0.6 is 0 Å². The third kappa shape index (κ3) is 3.49. The van der Waals surface area contributed by atoms with E-state index >= 15 is 0 Å². The Kier molecular flexibility index (Phi) is 4.66. The molecule has 0 saturated heterocycles. The Labute approximate surface area is 141 Å². The smallest absolute Gasteiger partial charge is 0.255 e. The quantitative estimate of drug-likeness (QED) is 0.682. The highest BCUT2D eigenvalue weighted by Crippen LogP contribution is 2.28. The Balaban J connectivity index is 1.83. The normalized spacial score (nSPS) is 10.5. The lowest BCUT2D eigenvalue weighted by atomic mass is 10.1. The number of nitrogen functional groups attached to an aromatic ring is 1. The molecular formula is C20H20N2O2. The van der Waals surface area contributed by atoms with Gasteiger partial charge in [0.15, 0.2) is 0 Å². The average Bonchev–Trinajstić information content (AvgIpc) is 2.60. The van der Waals surface area contributed by atoms with Crippen molar-refractivity contribution in [2.45, 2.75) is 13.3 Å². The molecule has 3 N–H and O–H groups in total. The van der Waals surface area contributed by atoms with Crippen LogP contribution in [0.15, 0.2) is 60.7 Å². The summed E-state index contributed by atoms with van der Waals surface area (Å²) in [6.07, 6.45) is 0.964. The number of ether oxygens (including phenoxy) is 1. The second-order valence-electron chi connectivity index (χ2n) is 5.62. The van der Waals surface area contributed by atoms with E-state index in [1.807, 2.05) is 36.4 Å². The standard InChI is InChI=1S/C20H20N2O2/c1-2-12-24-19-5-3-4-15-13-17(10-11-18(15)19)22-20(23)14-6-8-16(21)9-7-14/h3-11,13H,2,12,21H2,1H3,(H,22,23). The molecule has 4 heteroatoms. The van der Waals surface area contributed by atoms with Crippen LogP contribution < -0.4 is 15.8 Å². The zero-order valence-electron chi connectivity index (χ0n) is 13.6. The summed E-state index contributed by atoms with van der Waals surface area (Å²) in [6.45, 7) is 2.77. The Morgan fingerprint density at radius 1 is 1.08 bits per heavy atom. The highest BCUT2D eigenvalue weighted by Gasteiger charge is 2.07. The van der Waals surface area contributed by atoms with Crippen molar-refractivity contribution in [2.75, 3.05) is 17.7 Å². The summed E-state index contributed by atoms with van der Waals surface area (Å²) in [5, 5.41) is 4.98. The Hall–Kier alpha value is -3.01. The van der Waals surface area contributed by atoms with Crippen molar-refractivity contribution in [2.24, 2.45) is 0 Å². The largest absolute Gasteiger partial charge is 0.493 e. The number of hydrogen-bond donors (Lipinski definition) is 2. The van der Waals surface area contributed by atoms with E-state index < -0.39 is 0 Å². The van der Waals surface area contributed by atoms with Gasteiger partial charge in [0, 0.05) is 22.3 Å². The monoisotopic (exact) mass is 320 g/mol. The van der Waals surface area contributed by atoms with Gasteiger partial charge in [-0.05, 0) is 60.3 Å². The number of benzene rings is 3.